The number of pyridine rings is 2. The van der Waals surface area contributed by atoms with Gasteiger partial charge in [0.2, 0.25) is 0 Å². The minimum absolute atomic E-state index is 0.803. The molecule has 2 saturated heterocycles. The van der Waals surface area contributed by atoms with Gasteiger partial charge in [-0.2, -0.15) is 0 Å². The van der Waals surface area contributed by atoms with E-state index in [0.29, 0.717) is 0 Å². The Kier molecular flexibility index (Phi) is 11.4. The zero-order chi connectivity index (χ0) is 19.3. The van der Waals surface area contributed by atoms with Crippen LogP contribution in [-0.2, 0) is 9.47 Å². The van der Waals surface area contributed by atoms with Gasteiger partial charge in [-0.3, -0.25) is 0 Å². The van der Waals surface area contributed by atoms with Crippen molar-refractivity contribution in [3.8, 4) is 0 Å². The summed E-state index contributed by atoms with van der Waals surface area (Å²) in [5, 5.41) is 3.16. The monoisotopic (exact) mass is 564 g/mol. The van der Waals surface area contributed by atoms with E-state index in [4.69, 9.17) is 9.47 Å². The van der Waals surface area contributed by atoms with Crippen LogP contribution in [0.3, 0.4) is 0 Å². The molecule has 2 aliphatic heterocycles. The zero-order valence-electron chi connectivity index (χ0n) is 14.9. The summed E-state index contributed by atoms with van der Waals surface area (Å²) in [5.74, 6) is 1.03. The second-order valence-electron chi connectivity index (χ2n) is 5.60. The van der Waals surface area contributed by atoms with Gasteiger partial charge in [-0.1, -0.05) is 0 Å². The highest BCUT2D eigenvalue weighted by Crippen LogP contribution is 2.15. The number of ether oxygens (including phenoxy) is 2. The lowest BCUT2D eigenvalue weighted by atomic mass is 10.4. The van der Waals surface area contributed by atoms with E-state index in [1.807, 2.05) is 30.5 Å². The van der Waals surface area contributed by atoms with Gasteiger partial charge in [0.15, 0.2) is 0 Å². The van der Waals surface area contributed by atoms with Gasteiger partial charge in [0, 0.05) is 47.5 Å². The van der Waals surface area contributed by atoms with Gasteiger partial charge in [0.25, 0.3) is 0 Å². The van der Waals surface area contributed by atoms with Crippen LogP contribution >= 0.6 is 47.8 Å². The molecule has 2 fully saturated rings. The van der Waals surface area contributed by atoms with E-state index < -0.39 is 0 Å². The number of anilines is 1. The fourth-order valence-corrected chi connectivity index (χ4v) is 2.92. The molecule has 1 N–H and O–H groups in total. The molecule has 0 unspecified atom stereocenters. The molecule has 9 heteroatoms. The number of nitrogens with zero attached hydrogens (tertiary/aromatic N) is 3. The summed E-state index contributed by atoms with van der Waals surface area (Å²) in [6.45, 7) is 7.32. The third-order valence-electron chi connectivity index (χ3n) is 3.58. The molecule has 148 valence electrons. The summed E-state index contributed by atoms with van der Waals surface area (Å²) < 4.78 is 13.2. The summed E-state index contributed by atoms with van der Waals surface area (Å²) in [5.41, 5.74) is 0. The highest BCUT2D eigenvalue weighted by Gasteiger charge is 2.11. The largest absolute Gasteiger partial charge is 0.379 e. The van der Waals surface area contributed by atoms with Gasteiger partial charge < -0.3 is 19.7 Å². The van der Waals surface area contributed by atoms with Gasteiger partial charge in [-0.25, -0.2) is 9.97 Å². The number of hydrogen-bond donors (Lipinski definition) is 1. The summed E-state index contributed by atoms with van der Waals surface area (Å²) in [6.07, 6.45) is 3.56. The predicted molar refractivity (Wildman–Crippen MR) is 118 cm³/mol. The number of nitrogens with one attached hydrogen (secondary N) is 1. The van der Waals surface area contributed by atoms with Crippen LogP contribution in [0, 0.1) is 0 Å². The van der Waals surface area contributed by atoms with Crippen molar-refractivity contribution in [3.05, 3.63) is 50.2 Å². The van der Waals surface area contributed by atoms with E-state index in [0.717, 1.165) is 72.0 Å². The topological polar surface area (TPSA) is 59.5 Å². The molecule has 0 radical (unpaired) electrons. The number of morpholine rings is 2. The van der Waals surface area contributed by atoms with Crippen molar-refractivity contribution in [1.29, 1.82) is 0 Å². The van der Waals surface area contributed by atoms with Crippen LogP contribution in [0.15, 0.2) is 50.2 Å². The molecule has 2 aromatic heterocycles. The van der Waals surface area contributed by atoms with Crippen LogP contribution in [0.2, 0.25) is 0 Å². The second-order valence-corrected chi connectivity index (χ2v) is 8.24. The molecule has 2 aliphatic rings. The molecular formula is C18H23Br3N4O2. The Labute approximate surface area is 185 Å². The van der Waals surface area contributed by atoms with Crippen molar-refractivity contribution in [1.82, 2.24) is 15.3 Å². The fourth-order valence-electron chi connectivity index (χ4n) is 2.22. The van der Waals surface area contributed by atoms with Crippen molar-refractivity contribution < 1.29 is 9.47 Å². The van der Waals surface area contributed by atoms with Crippen LogP contribution in [0.5, 0.6) is 0 Å². The Morgan fingerprint density at radius 3 is 1.78 bits per heavy atom. The van der Waals surface area contributed by atoms with Crippen LogP contribution in [0.1, 0.15) is 0 Å². The van der Waals surface area contributed by atoms with Gasteiger partial charge in [-0.15, -0.1) is 0 Å². The maximum Gasteiger partial charge on any atom is 0.128 e. The van der Waals surface area contributed by atoms with Gasteiger partial charge >= 0.3 is 0 Å². The van der Waals surface area contributed by atoms with Crippen LogP contribution in [-0.4, -0.2) is 62.6 Å². The Hall–Kier alpha value is -0.580. The molecule has 4 heterocycles. The minimum atomic E-state index is 0.803. The zero-order valence-corrected chi connectivity index (χ0v) is 19.7. The SMILES string of the molecule is Brc1ccc(Br)nc1.Brc1ccc(N2CCOCC2)nc1.C1COCCN1. The van der Waals surface area contributed by atoms with E-state index in [9.17, 15) is 0 Å². The van der Waals surface area contributed by atoms with Crippen molar-refractivity contribution in [3.63, 3.8) is 0 Å². The molecule has 2 aromatic rings. The third kappa shape index (κ3) is 9.96. The summed E-state index contributed by atoms with van der Waals surface area (Å²) >= 11 is 9.84. The Balaban J connectivity index is 0.000000159. The number of aromatic nitrogens is 2. The van der Waals surface area contributed by atoms with Crippen molar-refractivity contribution in [2.45, 2.75) is 0 Å². The van der Waals surface area contributed by atoms with E-state index in [1.54, 1.807) is 6.20 Å². The van der Waals surface area contributed by atoms with Crippen LogP contribution < -0.4 is 10.2 Å². The molecule has 0 aromatic carbocycles. The third-order valence-corrected chi connectivity index (χ3v) is 4.99. The molecule has 0 atom stereocenters. The first-order chi connectivity index (χ1) is 13.1. The van der Waals surface area contributed by atoms with Crippen molar-refractivity contribution >= 4 is 53.6 Å². The predicted octanol–water partition coefficient (Wildman–Crippen LogP) is 3.89. The Morgan fingerprint density at radius 2 is 1.37 bits per heavy atom. The number of rotatable bonds is 1. The Morgan fingerprint density at radius 1 is 0.778 bits per heavy atom. The first-order valence-electron chi connectivity index (χ1n) is 8.65. The molecule has 0 aliphatic carbocycles. The first-order valence-corrected chi connectivity index (χ1v) is 11.0. The molecule has 4 rings (SSSR count). The summed E-state index contributed by atoms with van der Waals surface area (Å²) in [6, 6.07) is 7.84. The standard InChI is InChI=1S/C9H11BrN2O.C5H3Br2N.C4H9NO/c10-8-1-2-9(11-7-8)12-3-5-13-6-4-12;6-4-1-2-5(7)8-3-4;1-3-6-4-2-5-1/h1-2,7H,3-6H2;1-3H;5H,1-4H2. The van der Waals surface area contributed by atoms with Crippen molar-refractivity contribution in [2.75, 3.05) is 57.5 Å². The first kappa shape index (κ1) is 22.7. The molecule has 0 spiro atoms. The highest BCUT2D eigenvalue weighted by molar-refractivity contribution is 9.11. The van der Waals surface area contributed by atoms with Gasteiger partial charge in [0.1, 0.15) is 10.4 Å². The molecular weight excluding hydrogens is 544 g/mol. The average Bonchev–Trinajstić information content (AvgIpc) is 2.74. The number of halogens is 3. The quantitative estimate of drug-likeness (QED) is 0.529. The summed E-state index contributed by atoms with van der Waals surface area (Å²) in [7, 11) is 0. The van der Waals surface area contributed by atoms with E-state index in [-0.39, 0.29) is 0 Å². The lowest BCUT2D eigenvalue weighted by Crippen LogP contribution is -2.36. The smallest absolute Gasteiger partial charge is 0.128 e. The minimum Gasteiger partial charge on any atom is -0.379 e. The number of hydrogen-bond acceptors (Lipinski definition) is 6. The molecule has 0 saturated carbocycles. The lowest BCUT2D eigenvalue weighted by molar-refractivity contribution is 0.109. The maximum atomic E-state index is 5.27. The average molecular weight is 567 g/mol. The van der Waals surface area contributed by atoms with Gasteiger partial charge in [-0.05, 0) is 72.1 Å². The molecule has 27 heavy (non-hydrogen) atoms. The lowest BCUT2D eigenvalue weighted by Gasteiger charge is -2.27. The van der Waals surface area contributed by atoms with Crippen LogP contribution in [0.25, 0.3) is 0 Å². The maximum absolute atomic E-state index is 5.27. The second kappa shape index (κ2) is 13.6. The van der Waals surface area contributed by atoms with Gasteiger partial charge in [0.05, 0.1) is 26.4 Å². The highest BCUT2D eigenvalue weighted by atomic mass is 79.9. The fraction of sp³-hybridized carbons (Fsp3) is 0.444. The Bertz CT molecular complexity index is 602. The van der Waals surface area contributed by atoms with Crippen molar-refractivity contribution in [2.24, 2.45) is 0 Å². The normalized spacial score (nSPS) is 16.5. The van der Waals surface area contributed by atoms with E-state index in [2.05, 4.69) is 68.0 Å². The van der Waals surface area contributed by atoms with Crippen LogP contribution in [0.4, 0.5) is 5.82 Å². The molecule has 6 nitrogen and oxygen atoms in total. The van der Waals surface area contributed by atoms with E-state index in [1.165, 1.54) is 0 Å². The molecule has 0 bridgehead atoms. The molecule has 0 amide bonds. The van der Waals surface area contributed by atoms with E-state index >= 15 is 0 Å². The summed E-state index contributed by atoms with van der Waals surface area (Å²) in [4.78, 5) is 10.5.